The van der Waals surface area contributed by atoms with E-state index in [4.69, 9.17) is 0 Å². The Kier molecular flexibility index (Phi) is 9.80. The van der Waals surface area contributed by atoms with Gasteiger partial charge in [0, 0.05) is 16.8 Å². The number of hydrogen-bond acceptors (Lipinski definition) is 8. The molecule has 10 heteroatoms. The van der Waals surface area contributed by atoms with Crippen molar-refractivity contribution < 1.29 is 37.1 Å². The van der Waals surface area contributed by atoms with Crippen molar-refractivity contribution >= 4 is 0 Å². The van der Waals surface area contributed by atoms with Crippen molar-refractivity contribution in [1.29, 1.82) is 0 Å². The molecular weight excluding hydrogens is 562 g/mol. The van der Waals surface area contributed by atoms with Crippen molar-refractivity contribution in [1.82, 2.24) is 42.5 Å². The van der Waals surface area contributed by atoms with Gasteiger partial charge in [0.05, 0.1) is 49.3 Å². The summed E-state index contributed by atoms with van der Waals surface area (Å²) in [5, 5.41) is 33.8. The van der Waals surface area contributed by atoms with Gasteiger partial charge in [0.1, 0.15) is 0 Å². The van der Waals surface area contributed by atoms with Crippen molar-refractivity contribution in [3.8, 4) is 0 Å². The Morgan fingerprint density at radius 2 is 0.381 bits per heavy atom. The maximum absolute atomic E-state index is 4.26. The van der Waals surface area contributed by atoms with Gasteiger partial charge in [-0.3, -0.25) is 42.5 Å². The van der Waals surface area contributed by atoms with Crippen LogP contribution in [0.15, 0.2) is 0 Å². The van der Waals surface area contributed by atoms with Crippen LogP contribution in [-0.4, -0.2) is 49.3 Å². The minimum absolute atomic E-state index is 0. The van der Waals surface area contributed by atoms with Crippen LogP contribution < -0.4 is 61.4 Å². The van der Waals surface area contributed by atoms with E-state index in [1.807, 2.05) is 0 Å². The fraction of sp³-hybridized carbons (Fsp3) is 1.00. The molecule has 8 atom stereocenters. The summed E-state index contributed by atoms with van der Waals surface area (Å²) >= 11 is 0. The van der Waals surface area contributed by atoms with Gasteiger partial charge >= 0.3 is 18.9 Å². The number of nitrogens with one attached hydrogen (secondary N) is 8. The molecule has 8 nitrogen and oxygen atoms in total. The van der Waals surface area contributed by atoms with Crippen molar-refractivity contribution in [3.63, 3.8) is 0 Å². The second-order valence-electron chi connectivity index (χ2n) is 15.6. The smallest absolute Gasteiger partial charge is 1.00 e. The van der Waals surface area contributed by atoms with Crippen LogP contribution in [0.4, 0.5) is 0 Å². The molecule has 0 aromatic carbocycles. The number of hydrogen-bond donors (Lipinski definition) is 8. The third-order valence-electron chi connectivity index (χ3n) is 13.8. The molecule has 0 aromatic heterocycles. The summed E-state index contributed by atoms with van der Waals surface area (Å²) < 4.78 is 0. The first kappa shape index (κ1) is 31.4. The van der Waals surface area contributed by atoms with Crippen LogP contribution in [0.25, 0.3) is 0 Å². The molecule has 8 bridgehead atoms. The first-order chi connectivity index (χ1) is 19.8. The standard InChI is InChI=1S/C32H56N8.Co.Li.H/c1-2-10-18-17(9-1)25-33-26(18)38-28-21-13-5-6-14-22(21)30(35-28)40-32-24-16-8-7-15-23(24)31(36-32)39-29-20-12-4-3-11-19(20)27(34-29)37-25;;;/h17-40H,1-16H2;;;/q;;+1;-1. The molecule has 5 heterocycles. The average Bonchev–Trinajstić information content (AvgIpc) is 3.73. The van der Waals surface area contributed by atoms with Crippen molar-refractivity contribution in [2.24, 2.45) is 47.3 Å². The first-order valence-corrected chi connectivity index (χ1v) is 17.9. The van der Waals surface area contributed by atoms with E-state index < -0.39 is 0 Å². The second-order valence-corrected chi connectivity index (χ2v) is 15.6. The zero-order chi connectivity index (χ0) is 26.2. The Morgan fingerprint density at radius 1 is 0.262 bits per heavy atom. The van der Waals surface area contributed by atoms with E-state index in [0.29, 0.717) is 49.3 Å². The molecule has 4 saturated carbocycles. The topological polar surface area (TPSA) is 96.2 Å². The molecule has 5 aliphatic heterocycles. The van der Waals surface area contributed by atoms with Crippen LogP contribution in [0.3, 0.4) is 0 Å². The summed E-state index contributed by atoms with van der Waals surface area (Å²) in [7, 11) is 0. The van der Waals surface area contributed by atoms with Gasteiger partial charge in [-0.15, -0.1) is 0 Å². The average molecular weight is 620 g/mol. The van der Waals surface area contributed by atoms with Crippen LogP contribution >= 0.6 is 0 Å². The minimum atomic E-state index is 0. The molecule has 235 valence electrons. The van der Waals surface area contributed by atoms with Gasteiger partial charge in [-0.1, -0.05) is 51.4 Å². The molecule has 9 rings (SSSR count). The quantitative estimate of drug-likeness (QED) is 0.176. The fourth-order valence-corrected chi connectivity index (χ4v) is 12.0. The summed E-state index contributed by atoms with van der Waals surface area (Å²) in [6, 6.07) is 0. The predicted octanol–water partition coefficient (Wildman–Crippen LogP) is -0.280. The third kappa shape index (κ3) is 5.45. The first-order valence-electron chi connectivity index (χ1n) is 17.9. The molecule has 0 aromatic rings. The van der Waals surface area contributed by atoms with E-state index >= 15 is 0 Å². The zero-order valence-electron chi connectivity index (χ0n) is 26.9. The van der Waals surface area contributed by atoms with Crippen molar-refractivity contribution in [2.75, 3.05) is 0 Å². The van der Waals surface area contributed by atoms with Crippen LogP contribution in [0.2, 0.25) is 0 Å². The number of rotatable bonds is 0. The Hall–Kier alpha value is 0.784. The largest absolute Gasteiger partial charge is 1.00 e. The summed E-state index contributed by atoms with van der Waals surface area (Å²) in [5.41, 5.74) is 0. The summed E-state index contributed by atoms with van der Waals surface area (Å²) in [5.74, 6) is 5.97. The summed E-state index contributed by atoms with van der Waals surface area (Å²) in [6.07, 6.45) is 25.6. The van der Waals surface area contributed by atoms with Crippen LogP contribution in [-0.2, 0) is 16.8 Å². The van der Waals surface area contributed by atoms with E-state index in [2.05, 4.69) is 42.5 Å². The van der Waals surface area contributed by atoms with Gasteiger partial charge in [-0.05, 0) is 98.7 Å². The van der Waals surface area contributed by atoms with E-state index in [0.717, 1.165) is 47.3 Å². The molecule has 8 N–H and O–H groups in total. The molecule has 4 aliphatic carbocycles. The molecule has 42 heavy (non-hydrogen) atoms. The van der Waals surface area contributed by atoms with Gasteiger partial charge in [-0.25, -0.2) is 0 Å². The van der Waals surface area contributed by atoms with Gasteiger partial charge in [0.2, 0.25) is 0 Å². The SMILES string of the molecule is C1CCC2C3NC(NC4NC(NC5NC(NC6NC(N3)C3CCCCC63)C3CCCCC53)C3CCCCC43)C2C1.[Co].[H-].[Li+]. The molecule has 8 unspecified atom stereocenters. The maximum atomic E-state index is 4.26. The molecule has 9 aliphatic rings. The number of fused-ring (bicyclic) bond motifs is 20. The molecular formula is C32H57CoLiN8. The van der Waals surface area contributed by atoms with E-state index in [1.165, 1.54) is 103 Å². The van der Waals surface area contributed by atoms with Crippen LogP contribution in [0.1, 0.15) is 104 Å². The Labute approximate surface area is 278 Å². The van der Waals surface area contributed by atoms with Gasteiger partial charge in [0.15, 0.2) is 0 Å². The normalized spacial score (nSPS) is 54.9. The van der Waals surface area contributed by atoms with Crippen molar-refractivity contribution in [3.05, 3.63) is 0 Å². The van der Waals surface area contributed by atoms with E-state index in [1.54, 1.807) is 0 Å². The monoisotopic (exact) mass is 619 g/mol. The summed E-state index contributed by atoms with van der Waals surface area (Å²) in [4.78, 5) is 0. The predicted molar refractivity (Wildman–Crippen MR) is 158 cm³/mol. The molecule has 1 radical (unpaired) electrons. The van der Waals surface area contributed by atoms with Crippen LogP contribution in [0.5, 0.6) is 0 Å². The molecule has 0 spiro atoms. The fourth-order valence-electron chi connectivity index (χ4n) is 12.0. The maximum Gasteiger partial charge on any atom is 1.00 e. The zero-order valence-corrected chi connectivity index (χ0v) is 26.9. The van der Waals surface area contributed by atoms with Gasteiger partial charge < -0.3 is 1.43 Å². The van der Waals surface area contributed by atoms with Gasteiger partial charge in [0.25, 0.3) is 0 Å². The molecule has 5 saturated heterocycles. The minimum Gasteiger partial charge on any atom is -1.00 e. The third-order valence-corrected chi connectivity index (χ3v) is 13.8. The molecule has 9 fully saturated rings. The summed E-state index contributed by atoms with van der Waals surface area (Å²) in [6.45, 7) is 0. The van der Waals surface area contributed by atoms with Crippen molar-refractivity contribution in [2.45, 2.75) is 152 Å². The Bertz CT molecular complexity index is 730. The Morgan fingerprint density at radius 3 is 0.500 bits per heavy atom. The van der Waals surface area contributed by atoms with Gasteiger partial charge in [-0.2, -0.15) is 0 Å². The Balaban J connectivity index is 0.00000110. The van der Waals surface area contributed by atoms with E-state index in [9.17, 15) is 0 Å². The van der Waals surface area contributed by atoms with E-state index in [-0.39, 0.29) is 37.1 Å². The van der Waals surface area contributed by atoms with Crippen LogP contribution in [0, 0.1) is 47.3 Å². The second kappa shape index (κ2) is 13.1. The molecule has 0 amide bonds.